The van der Waals surface area contributed by atoms with Gasteiger partial charge in [0.25, 0.3) is 0 Å². The van der Waals surface area contributed by atoms with Gasteiger partial charge in [-0.1, -0.05) is 23.2 Å². The second kappa shape index (κ2) is 4.70. The molecular weight excluding hydrogens is 209 g/mol. The smallest absolute Gasteiger partial charge is 0.118 e. The van der Waals surface area contributed by atoms with Crippen molar-refractivity contribution in [2.45, 2.75) is 6.42 Å². The quantitative estimate of drug-likeness (QED) is 0.819. The molecule has 1 aromatic carbocycles. The van der Waals surface area contributed by atoms with Crippen LogP contribution in [-0.2, 0) is 6.42 Å². The van der Waals surface area contributed by atoms with Crippen LogP contribution in [0.25, 0.3) is 0 Å². The Hall–Kier alpha value is -0.440. The number of phenols is 1. The molecule has 2 N–H and O–H groups in total. The summed E-state index contributed by atoms with van der Waals surface area (Å²) in [5.74, 6) is 0.100. The van der Waals surface area contributed by atoms with Crippen molar-refractivity contribution in [2.24, 2.45) is 0 Å². The first-order chi connectivity index (χ1) is 6.15. The van der Waals surface area contributed by atoms with Crippen LogP contribution in [0.15, 0.2) is 12.1 Å². The minimum Gasteiger partial charge on any atom is -0.508 e. The van der Waals surface area contributed by atoms with E-state index in [1.807, 2.05) is 7.05 Å². The van der Waals surface area contributed by atoms with E-state index in [1.165, 1.54) is 12.1 Å². The average Bonchev–Trinajstić information content (AvgIpc) is 2.02. The molecule has 4 heteroatoms. The van der Waals surface area contributed by atoms with Crippen LogP contribution in [0.2, 0.25) is 10.0 Å². The molecule has 0 heterocycles. The fourth-order valence-electron chi connectivity index (χ4n) is 1.08. The van der Waals surface area contributed by atoms with E-state index in [0.29, 0.717) is 10.0 Å². The molecule has 0 fully saturated rings. The van der Waals surface area contributed by atoms with Crippen LogP contribution in [0, 0.1) is 0 Å². The Morgan fingerprint density at radius 2 is 1.85 bits per heavy atom. The fourth-order valence-corrected chi connectivity index (χ4v) is 1.74. The Morgan fingerprint density at radius 3 is 2.31 bits per heavy atom. The highest BCUT2D eigenvalue weighted by Crippen LogP contribution is 2.29. The first-order valence-corrected chi connectivity index (χ1v) is 4.72. The number of likely N-dealkylation sites (N-methyl/N-ethyl adjacent to an activating group) is 1. The van der Waals surface area contributed by atoms with Crippen LogP contribution < -0.4 is 5.32 Å². The molecule has 0 bridgehead atoms. The number of hydrogen-bond acceptors (Lipinski definition) is 2. The zero-order valence-corrected chi connectivity index (χ0v) is 8.78. The zero-order valence-electron chi connectivity index (χ0n) is 7.27. The van der Waals surface area contributed by atoms with Crippen molar-refractivity contribution < 1.29 is 5.11 Å². The van der Waals surface area contributed by atoms with Gasteiger partial charge in [0.05, 0.1) is 0 Å². The maximum Gasteiger partial charge on any atom is 0.118 e. The van der Waals surface area contributed by atoms with E-state index in [-0.39, 0.29) is 5.75 Å². The summed E-state index contributed by atoms with van der Waals surface area (Å²) in [6, 6.07) is 3.00. The standard InChI is InChI=1S/C9H11Cl2NO/c1-12-3-2-7-8(10)4-6(13)5-9(7)11/h4-5,12-13H,2-3H2,1H3. The van der Waals surface area contributed by atoms with Crippen molar-refractivity contribution in [1.29, 1.82) is 0 Å². The molecule has 0 saturated heterocycles. The lowest BCUT2D eigenvalue weighted by molar-refractivity contribution is 0.475. The minimum atomic E-state index is 0.100. The Bertz CT molecular complexity index is 279. The van der Waals surface area contributed by atoms with Gasteiger partial charge in [-0.25, -0.2) is 0 Å². The highest BCUT2D eigenvalue weighted by atomic mass is 35.5. The second-order valence-electron chi connectivity index (χ2n) is 2.74. The van der Waals surface area contributed by atoms with Crippen LogP contribution in [0.3, 0.4) is 0 Å². The van der Waals surface area contributed by atoms with E-state index < -0.39 is 0 Å². The van der Waals surface area contributed by atoms with Gasteiger partial charge in [0, 0.05) is 10.0 Å². The third-order valence-electron chi connectivity index (χ3n) is 1.75. The van der Waals surface area contributed by atoms with E-state index >= 15 is 0 Å². The molecule has 72 valence electrons. The molecule has 0 aromatic heterocycles. The topological polar surface area (TPSA) is 32.3 Å². The molecule has 2 nitrogen and oxygen atoms in total. The molecule has 0 radical (unpaired) electrons. The number of halogens is 2. The number of aromatic hydroxyl groups is 1. The molecule has 1 rings (SSSR count). The van der Waals surface area contributed by atoms with Crippen molar-refractivity contribution in [3.63, 3.8) is 0 Å². The van der Waals surface area contributed by atoms with Crippen molar-refractivity contribution in [2.75, 3.05) is 13.6 Å². The van der Waals surface area contributed by atoms with E-state index in [2.05, 4.69) is 5.32 Å². The lowest BCUT2D eigenvalue weighted by Crippen LogP contribution is -2.10. The summed E-state index contributed by atoms with van der Waals surface area (Å²) in [6.07, 6.45) is 0.758. The van der Waals surface area contributed by atoms with Crippen LogP contribution in [0.1, 0.15) is 5.56 Å². The molecule has 0 unspecified atom stereocenters. The van der Waals surface area contributed by atoms with Crippen molar-refractivity contribution in [1.82, 2.24) is 5.32 Å². The third kappa shape index (κ3) is 2.76. The normalized spacial score (nSPS) is 10.4. The summed E-state index contributed by atoms with van der Waals surface area (Å²) >= 11 is 11.8. The molecule has 0 aliphatic carbocycles. The predicted octanol–water partition coefficient (Wildman–Crippen LogP) is 2.46. The molecular formula is C9H11Cl2NO. The summed E-state index contributed by atoms with van der Waals surface area (Å²) in [7, 11) is 1.86. The highest BCUT2D eigenvalue weighted by molar-refractivity contribution is 6.36. The van der Waals surface area contributed by atoms with E-state index in [9.17, 15) is 0 Å². The van der Waals surface area contributed by atoms with E-state index in [1.54, 1.807) is 0 Å². The summed E-state index contributed by atoms with van der Waals surface area (Å²) in [6.45, 7) is 0.810. The van der Waals surface area contributed by atoms with Gasteiger partial charge in [0.2, 0.25) is 0 Å². The second-order valence-corrected chi connectivity index (χ2v) is 3.56. The maximum atomic E-state index is 9.16. The summed E-state index contributed by atoms with van der Waals surface area (Å²) in [4.78, 5) is 0. The number of phenolic OH excluding ortho intramolecular Hbond substituents is 1. The molecule has 0 spiro atoms. The number of benzene rings is 1. The Morgan fingerprint density at radius 1 is 1.31 bits per heavy atom. The predicted molar refractivity (Wildman–Crippen MR) is 55.8 cm³/mol. The van der Waals surface area contributed by atoms with E-state index in [4.69, 9.17) is 28.3 Å². The SMILES string of the molecule is CNCCc1c(Cl)cc(O)cc1Cl. The maximum absolute atomic E-state index is 9.16. The third-order valence-corrected chi connectivity index (χ3v) is 2.43. The highest BCUT2D eigenvalue weighted by Gasteiger charge is 2.06. The van der Waals surface area contributed by atoms with Gasteiger partial charge >= 0.3 is 0 Å². The Labute approximate surface area is 87.5 Å². The van der Waals surface area contributed by atoms with Crippen LogP contribution in [-0.4, -0.2) is 18.7 Å². The molecule has 0 amide bonds. The largest absolute Gasteiger partial charge is 0.508 e. The number of rotatable bonds is 3. The van der Waals surface area contributed by atoms with Crippen molar-refractivity contribution in [3.05, 3.63) is 27.7 Å². The molecule has 0 atom stereocenters. The summed E-state index contributed by atoms with van der Waals surface area (Å²) < 4.78 is 0. The molecule has 0 saturated carbocycles. The van der Waals surface area contributed by atoms with Gasteiger partial charge in [0.15, 0.2) is 0 Å². The van der Waals surface area contributed by atoms with Crippen molar-refractivity contribution >= 4 is 23.2 Å². The van der Waals surface area contributed by atoms with Gasteiger partial charge in [0.1, 0.15) is 5.75 Å². The Balaban J connectivity index is 2.92. The summed E-state index contributed by atoms with van der Waals surface area (Å²) in [5.41, 5.74) is 0.871. The minimum absolute atomic E-state index is 0.100. The number of nitrogens with one attached hydrogen (secondary N) is 1. The van der Waals surface area contributed by atoms with Crippen LogP contribution in [0.5, 0.6) is 5.75 Å². The average molecular weight is 220 g/mol. The van der Waals surface area contributed by atoms with Crippen LogP contribution in [0.4, 0.5) is 0 Å². The lowest BCUT2D eigenvalue weighted by Gasteiger charge is -2.06. The summed E-state index contributed by atoms with van der Waals surface area (Å²) in [5, 5.41) is 13.2. The molecule has 0 aliphatic heterocycles. The van der Waals surface area contributed by atoms with Gasteiger partial charge < -0.3 is 10.4 Å². The van der Waals surface area contributed by atoms with Gasteiger partial charge in [-0.05, 0) is 37.7 Å². The van der Waals surface area contributed by atoms with Gasteiger partial charge in [-0.3, -0.25) is 0 Å². The number of hydrogen-bond donors (Lipinski definition) is 2. The fraction of sp³-hybridized carbons (Fsp3) is 0.333. The first-order valence-electron chi connectivity index (χ1n) is 3.96. The molecule has 0 aliphatic rings. The lowest BCUT2D eigenvalue weighted by atomic mass is 10.1. The van der Waals surface area contributed by atoms with Gasteiger partial charge in [-0.15, -0.1) is 0 Å². The van der Waals surface area contributed by atoms with Crippen LogP contribution >= 0.6 is 23.2 Å². The molecule has 1 aromatic rings. The van der Waals surface area contributed by atoms with Crippen molar-refractivity contribution in [3.8, 4) is 5.75 Å². The Kier molecular flexibility index (Phi) is 3.85. The zero-order chi connectivity index (χ0) is 9.84. The monoisotopic (exact) mass is 219 g/mol. The van der Waals surface area contributed by atoms with Gasteiger partial charge in [-0.2, -0.15) is 0 Å². The van der Waals surface area contributed by atoms with E-state index in [0.717, 1.165) is 18.5 Å². The molecule has 13 heavy (non-hydrogen) atoms. The first kappa shape index (κ1) is 10.6.